The van der Waals surface area contributed by atoms with Crippen molar-refractivity contribution in [3.8, 4) is 16.9 Å². The van der Waals surface area contributed by atoms with Gasteiger partial charge in [-0.2, -0.15) is 0 Å². The molecule has 6 nitrogen and oxygen atoms in total. The Hall–Kier alpha value is -3.06. The molecule has 2 aromatic heterocycles. The second-order valence-electron chi connectivity index (χ2n) is 5.27. The van der Waals surface area contributed by atoms with E-state index >= 15 is 0 Å². The highest BCUT2D eigenvalue weighted by atomic mass is 32.1. The number of hydrogen-bond donors (Lipinski definition) is 1. The molecule has 0 aliphatic carbocycles. The van der Waals surface area contributed by atoms with Crippen LogP contribution in [0.5, 0.6) is 5.75 Å². The maximum Gasteiger partial charge on any atom is 0.341 e. The van der Waals surface area contributed by atoms with Crippen LogP contribution in [0.25, 0.3) is 11.1 Å². The summed E-state index contributed by atoms with van der Waals surface area (Å²) in [5.41, 5.74) is 2.23. The number of benzene rings is 1. The van der Waals surface area contributed by atoms with Crippen LogP contribution in [-0.4, -0.2) is 25.6 Å². The first kappa shape index (κ1) is 17.8. The third kappa shape index (κ3) is 3.62. The number of nitrogens with one attached hydrogen (secondary N) is 1. The molecule has 1 N–H and O–H groups in total. The summed E-state index contributed by atoms with van der Waals surface area (Å²) >= 11 is 1.27. The van der Waals surface area contributed by atoms with E-state index in [9.17, 15) is 9.59 Å². The average Bonchev–Trinajstić information content (AvgIpc) is 3.32. The van der Waals surface area contributed by atoms with Gasteiger partial charge in [-0.05, 0) is 30.7 Å². The average molecular weight is 371 g/mol. The highest BCUT2D eigenvalue weighted by Gasteiger charge is 2.23. The van der Waals surface area contributed by atoms with Crippen LogP contribution in [0.15, 0.2) is 52.7 Å². The molecule has 0 atom stereocenters. The smallest absolute Gasteiger partial charge is 0.341 e. The number of carbonyl (C=O) groups is 2. The summed E-state index contributed by atoms with van der Waals surface area (Å²) in [5.74, 6) is -0.121. The van der Waals surface area contributed by atoms with E-state index in [0.717, 1.165) is 11.3 Å². The van der Waals surface area contributed by atoms with Crippen molar-refractivity contribution >= 4 is 28.2 Å². The number of furan rings is 1. The molecule has 26 heavy (non-hydrogen) atoms. The Morgan fingerprint density at radius 1 is 1.19 bits per heavy atom. The largest absolute Gasteiger partial charge is 0.497 e. The van der Waals surface area contributed by atoms with Gasteiger partial charge in [0.1, 0.15) is 22.6 Å². The van der Waals surface area contributed by atoms with Gasteiger partial charge in [0, 0.05) is 10.9 Å². The summed E-state index contributed by atoms with van der Waals surface area (Å²) in [4.78, 5) is 24.8. The number of carbonyl (C=O) groups excluding carboxylic acids is 2. The molecule has 0 saturated heterocycles. The third-order valence-corrected chi connectivity index (χ3v) is 4.58. The SMILES string of the molecule is CCOC(=O)c1c(-c2ccc(OC)cc2)csc1NC(=O)c1ccoc1. The summed E-state index contributed by atoms with van der Waals surface area (Å²) in [5, 5.41) is 5.01. The van der Waals surface area contributed by atoms with Crippen LogP contribution >= 0.6 is 11.3 Å². The molecule has 3 aromatic rings. The van der Waals surface area contributed by atoms with Gasteiger partial charge in [0.25, 0.3) is 5.91 Å². The van der Waals surface area contributed by atoms with Crippen LogP contribution in [-0.2, 0) is 4.74 Å². The second kappa shape index (κ2) is 7.88. The summed E-state index contributed by atoms with van der Waals surface area (Å²) in [6.45, 7) is 1.98. The highest BCUT2D eigenvalue weighted by Crippen LogP contribution is 2.37. The number of anilines is 1. The maximum atomic E-state index is 12.5. The minimum Gasteiger partial charge on any atom is -0.497 e. The lowest BCUT2D eigenvalue weighted by Gasteiger charge is -2.09. The quantitative estimate of drug-likeness (QED) is 0.648. The minimum absolute atomic E-state index is 0.242. The number of amides is 1. The third-order valence-electron chi connectivity index (χ3n) is 3.68. The molecule has 0 unspecified atom stereocenters. The van der Waals surface area contributed by atoms with Crippen molar-refractivity contribution in [2.24, 2.45) is 0 Å². The molecule has 0 radical (unpaired) electrons. The monoisotopic (exact) mass is 371 g/mol. The Kier molecular flexibility index (Phi) is 5.38. The number of thiophene rings is 1. The van der Waals surface area contributed by atoms with Crippen molar-refractivity contribution in [2.45, 2.75) is 6.92 Å². The molecule has 1 amide bonds. The summed E-state index contributed by atoms with van der Waals surface area (Å²) in [7, 11) is 1.59. The lowest BCUT2D eigenvalue weighted by atomic mass is 10.0. The molecular weight excluding hydrogens is 354 g/mol. The van der Waals surface area contributed by atoms with Crippen molar-refractivity contribution in [1.29, 1.82) is 0 Å². The summed E-state index contributed by atoms with van der Waals surface area (Å²) < 4.78 is 15.3. The lowest BCUT2D eigenvalue weighted by Crippen LogP contribution is -2.14. The van der Waals surface area contributed by atoms with Crippen LogP contribution < -0.4 is 10.1 Å². The standard InChI is InChI=1S/C19H17NO5S/c1-3-25-19(22)16-15(12-4-6-14(23-2)7-5-12)11-26-18(16)20-17(21)13-8-9-24-10-13/h4-11H,3H2,1-2H3,(H,20,21). The Morgan fingerprint density at radius 2 is 1.96 bits per heavy atom. The maximum absolute atomic E-state index is 12.5. The first-order valence-electron chi connectivity index (χ1n) is 7.90. The van der Waals surface area contributed by atoms with Crippen LogP contribution in [0.1, 0.15) is 27.6 Å². The first-order valence-corrected chi connectivity index (χ1v) is 8.78. The van der Waals surface area contributed by atoms with E-state index in [1.54, 1.807) is 20.1 Å². The van der Waals surface area contributed by atoms with Gasteiger partial charge in [0.15, 0.2) is 0 Å². The highest BCUT2D eigenvalue weighted by molar-refractivity contribution is 7.15. The number of rotatable bonds is 6. The van der Waals surface area contributed by atoms with E-state index in [-0.39, 0.29) is 12.5 Å². The van der Waals surface area contributed by atoms with Crippen LogP contribution in [0.4, 0.5) is 5.00 Å². The van der Waals surface area contributed by atoms with E-state index in [2.05, 4.69) is 5.32 Å². The number of hydrogen-bond acceptors (Lipinski definition) is 6. The zero-order chi connectivity index (χ0) is 18.5. The molecule has 2 heterocycles. The zero-order valence-electron chi connectivity index (χ0n) is 14.3. The molecule has 0 aliphatic heterocycles. The van der Waals surface area contributed by atoms with Crippen molar-refractivity contribution in [2.75, 3.05) is 19.0 Å². The second-order valence-corrected chi connectivity index (χ2v) is 6.15. The molecule has 0 saturated carbocycles. The van der Waals surface area contributed by atoms with Gasteiger partial charge in [0.05, 0.1) is 25.5 Å². The molecule has 0 spiro atoms. The van der Waals surface area contributed by atoms with Gasteiger partial charge >= 0.3 is 5.97 Å². The Labute approximate surface area is 154 Å². The zero-order valence-corrected chi connectivity index (χ0v) is 15.1. The van der Waals surface area contributed by atoms with E-state index in [1.165, 1.54) is 23.9 Å². The van der Waals surface area contributed by atoms with Crippen LogP contribution in [0, 0.1) is 0 Å². The van der Waals surface area contributed by atoms with E-state index in [4.69, 9.17) is 13.9 Å². The van der Waals surface area contributed by atoms with E-state index in [1.807, 2.05) is 29.6 Å². The molecule has 0 bridgehead atoms. The molecule has 134 valence electrons. The van der Waals surface area contributed by atoms with Crippen molar-refractivity contribution in [3.05, 3.63) is 59.4 Å². The Morgan fingerprint density at radius 3 is 2.58 bits per heavy atom. The molecule has 1 aromatic carbocycles. The number of methoxy groups -OCH3 is 1. The molecular formula is C19H17NO5S. The fourth-order valence-electron chi connectivity index (χ4n) is 2.41. The van der Waals surface area contributed by atoms with E-state index in [0.29, 0.717) is 21.7 Å². The van der Waals surface area contributed by atoms with Crippen molar-refractivity contribution in [1.82, 2.24) is 0 Å². The minimum atomic E-state index is -0.484. The summed E-state index contributed by atoms with van der Waals surface area (Å²) in [6, 6.07) is 8.88. The number of esters is 1. The molecule has 0 aliphatic rings. The van der Waals surface area contributed by atoms with Gasteiger partial charge in [-0.1, -0.05) is 12.1 Å². The van der Waals surface area contributed by atoms with Crippen LogP contribution in [0.2, 0.25) is 0 Å². The van der Waals surface area contributed by atoms with Crippen LogP contribution in [0.3, 0.4) is 0 Å². The first-order chi connectivity index (χ1) is 12.6. The number of ether oxygens (including phenoxy) is 2. The Bertz CT molecular complexity index is 897. The van der Waals surface area contributed by atoms with Gasteiger partial charge in [-0.25, -0.2) is 4.79 Å². The predicted octanol–water partition coefficient (Wildman–Crippen LogP) is 4.45. The normalized spacial score (nSPS) is 10.4. The molecule has 3 rings (SSSR count). The Balaban J connectivity index is 1.97. The lowest BCUT2D eigenvalue weighted by molar-refractivity contribution is 0.0529. The fourth-order valence-corrected chi connectivity index (χ4v) is 3.36. The topological polar surface area (TPSA) is 77.8 Å². The fraction of sp³-hybridized carbons (Fsp3) is 0.158. The summed E-state index contributed by atoms with van der Waals surface area (Å²) in [6.07, 6.45) is 2.76. The predicted molar refractivity (Wildman–Crippen MR) is 98.9 cm³/mol. The van der Waals surface area contributed by atoms with Gasteiger partial charge in [0.2, 0.25) is 0 Å². The molecule has 7 heteroatoms. The van der Waals surface area contributed by atoms with Crippen molar-refractivity contribution in [3.63, 3.8) is 0 Å². The van der Waals surface area contributed by atoms with Gasteiger partial charge in [-0.3, -0.25) is 4.79 Å². The van der Waals surface area contributed by atoms with E-state index < -0.39 is 5.97 Å². The van der Waals surface area contributed by atoms with Gasteiger partial charge < -0.3 is 19.2 Å². The van der Waals surface area contributed by atoms with Crippen molar-refractivity contribution < 1.29 is 23.5 Å². The van der Waals surface area contributed by atoms with Gasteiger partial charge in [-0.15, -0.1) is 11.3 Å². The molecule has 0 fully saturated rings.